The highest BCUT2D eigenvalue weighted by molar-refractivity contribution is 5.90. The number of pyridine rings is 1. The molecule has 1 unspecified atom stereocenters. The van der Waals surface area contributed by atoms with Crippen LogP contribution in [0.3, 0.4) is 0 Å². The first-order chi connectivity index (χ1) is 19.4. The fourth-order valence-corrected chi connectivity index (χ4v) is 4.42. The number of aromatic nitrogens is 1. The Morgan fingerprint density at radius 3 is 2.02 bits per heavy atom. The molecule has 0 aromatic carbocycles. The summed E-state index contributed by atoms with van der Waals surface area (Å²) in [5.41, 5.74) is 0.831. The van der Waals surface area contributed by atoms with E-state index >= 15 is 0 Å². The van der Waals surface area contributed by atoms with E-state index in [0.717, 1.165) is 30.0 Å². The molecule has 0 spiro atoms. The molecule has 1 rings (SSSR count). The molecule has 41 heavy (non-hydrogen) atoms. The smallest absolute Gasteiger partial charge is 0.417 e. The molecular weight excluding hydrogens is 637 g/mol. The van der Waals surface area contributed by atoms with Gasteiger partial charge in [0, 0.05) is 25.1 Å². The van der Waals surface area contributed by atoms with Gasteiger partial charge < -0.3 is 43.5 Å². The second-order valence-corrected chi connectivity index (χ2v) is 10.3. The quantitative estimate of drug-likeness (QED) is 0.114. The highest BCUT2D eigenvalue weighted by atomic mass is 127. The van der Waals surface area contributed by atoms with Crippen LogP contribution in [0.5, 0.6) is 0 Å². The first-order valence-electron chi connectivity index (χ1n) is 15.3. The minimum Gasteiger partial charge on any atom is -1.00 e. The number of amides is 3. The topological polar surface area (TPSA) is 98.1 Å². The van der Waals surface area contributed by atoms with E-state index in [-0.39, 0.29) is 63.0 Å². The molecule has 0 radical (unpaired) electrons. The van der Waals surface area contributed by atoms with E-state index in [9.17, 15) is 14.4 Å². The summed E-state index contributed by atoms with van der Waals surface area (Å²) in [7, 11) is 0. The summed E-state index contributed by atoms with van der Waals surface area (Å²) in [6.07, 6.45) is 16.0. The summed E-state index contributed by atoms with van der Waals surface area (Å²) in [6.45, 7) is 8.85. The van der Waals surface area contributed by atoms with Gasteiger partial charge in [0.2, 0.25) is 11.6 Å². The summed E-state index contributed by atoms with van der Waals surface area (Å²) in [5, 5.41) is 2.86. The maximum Gasteiger partial charge on any atom is 0.417 e. The Hall–Kier alpha value is -1.95. The number of carbonyl (C=O) groups is 3. The van der Waals surface area contributed by atoms with Crippen molar-refractivity contribution in [1.29, 1.82) is 0 Å². The average Bonchev–Trinajstić information content (AvgIpc) is 2.93. The van der Waals surface area contributed by atoms with E-state index in [1.54, 1.807) is 0 Å². The fourth-order valence-electron chi connectivity index (χ4n) is 4.42. The molecule has 9 nitrogen and oxygen atoms in total. The zero-order chi connectivity index (χ0) is 29.4. The van der Waals surface area contributed by atoms with Crippen LogP contribution >= 0.6 is 0 Å². The Morgan fingerprint density at radius 2 is 1.44 bits per heavy atom. The molecule has 0 saturated carbocycles. The van der Waals surface area contributed by atoms with Crippen molar-refractivity contribution in [3.05, 3.63) is 30.1 Å². The van der Waals surface area contributed by atoms with Crippen LogP contribution in [0.2, 0.25) is 0 Å². The van der Waals surface area contributed by atoms with Gasteiger partial charge >= 0.3 is 12.2 Å². The lowest BCUT2D eigenvalue weighted by molar-refractivity contribution is -0.701. The number of carbonyl (C=O) groups excluding carboxylic acids is 3. The van der Waals surface area contributed by atoms with Crippen molar-refractivity contribution in [3.63, 3.8) is 0 Å². The van der Waals surface area contributed by atoms with Crippen LogP contribution in [0.4, 0.5) is 9.59 Å². The number of alkyl carbamates (subject to hydrolysis) is 1. The summed E-state index contributed by atoms with van der Waals surface area (Å²) in [5.74, 6) is -0.394. The van der Waals surface area contributed by atoms with E-state index < -0.39 is 18.1 Å². The van der Waals surface area contributed by atoms with Crippen molar-refractivity contribution in [2.24, 2.45) is 0 Å². The van der Waals surface area contributed by atoms with Gasteiger partial charge in [-0.15, -0.1) is 0 Å². The number of imide groups is 1. The zero-order valence-corrected chi connectivity index (χ0v) is 28.0. The Labute approximate surface area is 265 Å². The van der Waals surface area contributed by atoms with Crippen LogP contribution in [-0.2, 0) is 32.1 Å². The fraction of sp³-hybridized carbons (Fsp3) is 0.742. The number of rotatable bonds is 22. The molecular formula is C31H54IN3O6. The predicted molar refractivity (Wildman–Crippen MR) is 156 cm³/mol. The first kappa shape index (κ1) is 39.0. The van der Waals surface area contributed by atoms with Crippen LogP contribution in [0, 0.1) is 0 Å². The van der Waals surface area contributed by atoms with Crippen LogP contribution in [0.1, 0.15) is 110 Å². The standard InChI is InChI=1S/C31H53N3O6.HI/c1-5-7-8-9-10-11-12-13-14-15-16-19-27(3)32-30(36)39-24-22-38-23-25-40-31(37)34(28(4)35)26-29-20-17-18-21-33(29)6-2;/h17-18,20-21,27H,5-16,19,22-26H2,1-4H3;1H. The molecule has 0 saturated heterocycles. The molecule has 3 amide bonds. The monoisotopic (exact) mass is 691 g/mol. The van der Waals surface area contributed by atoms with Gasteiger partial charge in [-0.1, -0.05) is 83.6 Å². The molecule has 0 aliphatic rings. The molecule has 1 N–H and O–H groups in total. The van der Waals surface area contributed by atoms with E-state index in [0.29, 0.717) is 0 Å². The number of nitrogens with zero attached hydrogens (tertiary/aromatic N) is 2. The van der Waals surface area contributed by atoms with Crippen molar-refractivity contribution in [2.75, 3.05) is 26.4 Å². The van der Waals surface area contributed by atoms with E-state index in [1.807, 2.05) is 42.8 Å². The summed E-state index contributed by atoms with van der Waals surface area (Å²) >= 11 is 0. The second-order valence-electron chi connectivity index (χ2n) is 10.3. The number of aryl methyl sites for hydroxylation is 1. The molecule has 1 aromatic rings. The van der Waals surface area contributed by atoms with Crippen molar-refractivity contribution in [1.82, 2.24) is 10.2 Å². The van der Waals surface area contributed by atoms with Crippen molar-refractivity contribution < 1.29 is 57.1 Å². The number of halogens is 1. The van der Waals surface area contributed by atoms with Crippen LogP contribution in [0.25, 0.3) is 0 Å². The third-order valence-corrected chi connectivity index (χ3v) is 6.81. The van der Waals surface area contributed by atoms with Gasteiger partial charge in [0.25, 0.3) is 0 Å². The maximum absolute atomic E-state index is 12.4. The Balaban J connectivity index is 0.0000160. The first-order valence-corrected chi connectivity index (χ1v) is 15.3. The molecule has 10 heteroatoms. The molecule has 0 bridgehead atoms. The molecule has 1 aromatic heterocycles. The van der Waals surface area contributed by atoms with Gasteiger partial charge in [-0.3, -0.25) is 4.79 Å². The Kier molecular flexibility index (Phi) is 24.5. The lowest BCUT2D eigenvalue weighted by atomic mass is 10.0. The summed E-state index contributed by atoms with van der Waals surface area (Å²) in [4.78, 5) is 37.4. The number of hydrogen-bond donors (Lipinski definition) is 1. The molecule has 0 aliphatic carbocycles. The second kappa shape index (κ2) is 25.7. The van der Waals surface area contributed by atoms with Crippen molar-refractivity contribution in [3.8, 4) is 0 Å². The molecule has 0 fully saturated rings. The Bertz CT molecular complexity index is 842. The number of nitrogens with one attached hydrogen (secondary N) is 1. The Morgan fingerprint density at radius 1 is 0.854 bits per heavy atom. The molecule has 1 heterocycles. The summed E-state index contributed by atoms with van der Waals surface area (Å²) in [6, 6.07) is 5.69. The average molecular weight is 692 g/mol. The van der Waals surface area contributed by atoms with Gasteiger partial charge in [0.05, 0.1) is 13.2 Å². The van der Waals surface area contributed by atoms with E-state index in [1.165, 1.54) is 71.1 Å². The third kappa shape index (κ3) is 19.7. The van der Waals surface area contributed by atoms with Gasteiger partial charge in [-0.05, 0) is 20.3 Å². The SMILES string of the molecule is CCCCCCCCCCCCCC(C)NC(=O)OCCOCCOC(=O)N(Cc1cccc[n+]1CC)C(C)=O.[I-]. The normalized spacial score (nSPS) is 11.3. The molecule has 236 valence electrons. The zero-order valence-electron chi connectivity index (χ0n) is 25.8. The van der Waals surface area contributed by atoms with Crippen molar-refractivity contribution in [2.45, 2.75) is 124 Å². The van der Waals surface area contributed by atoms with Crippen LogP contribution in [-0.4, -0.2) is 55.5 Å². The number of unbranched alkanes of at least 4 members (excludes halogenated alkanes) is 10. The molecule has 1 atom stereocenters. The van der Waals surface area contributed by atoms with Gasteiger partial charge in [-0.25, -0.2) is 19.1 Å². The highest BCUT2D eigenvalue weighted by Gasteiger charge is 2.23. The largest absolute Gasteiger partial charge is 1.00 e. The minimum absolute atomic E-state index is 0. The lowest BCUT2D eigenvalue weighted by Crippen LogP contribution is -3.00. The molecule has 0 aliphatic heterocycles. The van der Waals surface area contributed by atoms with Crippen LogP contribution in [0.15, 0.2) is 24.4 Å². The lowest BCUT2D eigenvalue weighted by Gasteiger charge is -2.18. The van der Waals surface area contributed by atoms with Crippen LogP contribution < -0.4 is 33.9 Å². The maximum atomic E-state index is 12.4. The van der Waals surface area contributed by atoms with E-state index in [2.05, 4.69) is 12.2 Å². The summed E-state index contributed by atoms with van der Waals surface area (Å²) < 4.78 is 17.7. The number of ether oxygens (including phenoxy) is 3. The van der Waals surface area contributed by atoms with Gasteiger partial charge in [0.15, 0.2) is 6.20 Å². The predicted octanol–water partition coefficient (Wildman–Crippen LogP) is 3.32. The number of hydrogen-bond acceptors (Lipinski definition) is 6. The van der Waals surface area contributed by atoms with Gasteiger partial charge in [-0.2, -0.15) is 0 Å². The third-order valence-electron chi connectivity index (χ3n) is 6.81. The van der Waals surface area contributed by atoms with E-state index in [4.69, 9.17) is 14.2 Å². The van der Waals surface area contributed by atoms with Crippen molar-refractivity contribution >= 4 is 18.1 Å². The highest BCUT2D eigenvalue weighted by Crippen LogP contribution is 2.12. The minimum atomic E-state index is -0.718. The van der Waals surface area contributed by atoms with Gasteiger partial charge in [0.1, 0.15) is 26.3 Å².